The van der Waals surface area contributed by atoms with Crippen LogP contribution in [0.5, 0.6) is 5.75 Å². The fraction of sp³-hybridized carbons (Fsp3) is 0.409. The highest BCUT2D eigenvalue weighted by Gasteiger charge is 2.40. The van der Waals surface area contributed by atoms with Crippen molar-refractivity contribution >= 4 is 31.9 Å². The highest BCUT2D eigenvalue weighted by Crippen LogP contribution is 2.42. The number of hydrogen-bond donors (Lipinski definition) is 1. The summed E-state index contributed by atoms with van der Waals surface area (Å²) in [6.45, 7) is 4.24. The molecule has 0 saturated heterocycles. The molecular formula is C22H27BrN2O4S. The van der Waals surface area contributed by atoms with Crippen molar-refractivity contribution in [1.29, 1.82) is 0 Å². The Morgan fingerprint density at radius 2 is 1.87 bits per heavy atom. The van der Waals surface area contributed by atoms with Gasteiger partial charge in [0.25, 0.3) is 5.91 Å². The lowest BCUT2D eigenvalue weighted by atomic mass is 9.71. The number of ether oxygens (including phenoxy) is 1. The number of nitrogens with zero attached hydrogens (tertiary/aromatic N) is 1. The zero-order valence-electron chi connectivity index (χ0n) is 17.4. The standard InChI is InChI=1S/C22H27BrN2O4S/c1-4-25(5-2)30(27,28)20-14-16(10-11-19(20)29-3)21(26)24-22(12-7-13-22)17-8-6-9-18(23)15-17/h6,8-11,14-15H,4-5,7,12-13H2,1-3H3,(H,24,26). The van der Waals surface area contributed by atoms with Crippen molar-refractivity contribution in [2.24, 2.45) is 0 Å². The maximum absolute atomic E-state index is 13.1. The van der Waals surface area contributed by atoms with Crippen LogP contribution in [0.1, 0.15) is 49.0 Å². The van der Waals surface area contributed by atoms with E-state index in [1.54, 1.807) is 19.9 Å². The van der Waals surface area contributed by atoms with Crippen molar-refractivity contribution in [2.75, 3.05) is 20.2 Å². The molecule has 0 aromatic heterocycles. The van der Waals surface area contributed by atoms with Crippen molar-refractivity contribution in [3.8, 4) is 5.75 Å². The average molecular weight is 495 g/mol. The van der Waals surface area contributed by atoms with E-state index < -0.39 is 15.6 Å². The van der Waals surface area contributed by atoms with E-state index in [-0.39, 0.29) is 16.6 Å². The number of halogens is 1. The molecule has 8 heteroatoms. The molecule has 6 nitrogen and oxygen atoms in total. The van der Waals surface area contributed by atoms with Gasteiger partial charge in [-0.15, -0.1) is 0 Å². The summed E-state index contributed by atoms with van der Waals surface area (Å²) in [5.74, 6) is -0.0721. The van der Waals surface area contributed by atoms with Crippen LogP contribution in [0.25, 0.3) is 0 Å². The van der Waals surface area contributed by atoms with Gasteiger partial charge in [-0.2, -0.15) is 4.31 Å². The molecule has 2 aromatic carbocycles. The summed E-state index contributed by atoms with van der Waals surface area (Å²) in [5.41, 5.74) is 0.905. The molecule has 162 valence electrons. The van der Waals surface area contributed by atoms with E-state index in [1.165, 1.54) is 23.5 Å². The van der Waals surface area contributed by atoms with Gasteiger partial charge in [-0.25, -0.2) is 8.42 Å². The van der Waals surface area contributed by atoms with Crippen molar-refractivity contribution in [3.05, 3.63) is 58.1 Å². The highest BCUT2D eigenvalue weighted by molar-refractivity contribution is 9.10. The Kier molecular flexibility index (Phi) is 6.89. The van der Waals surface area contributed by atoms with Gasteiger partial charge in [-0.05, 0) is 55.2 Å². The number of benzene rings is 2. The maximum Gasteiger partial charge on any atom is 0.252 e. The minimum absolute atomic E-state index is 0.00599. The molecule has 0 atom stereocenters. The number of carbonyl (C=O) groups excluding carboxylic acids is 1. The third kappa shape index (κ3) is 4.26. The number of sulfonamides is 1. The van der Waals surface area contributed by atoms with E-state index in [4.69, 9.17) is 4.74 Å². The topological polar surface area (TPSA) is 75.7 Å². The Labute approximate surface area is 186 Å². The molecule has 1 N–H and O–H groups in total. The van der Waals surface area contributed by atoms with Gasteiger partial charge >= 0.3 is 0 Å². The lowest BCUT2D eigenvalue weighted by molar-refractivity contribution is 0.0823. The lowest BCUT2D eigenvalue weighted by Crippen LogP contribution is -2.50. The van der Waals surface area contributed by atoms with Gasteiger partial charge in [0.1, 0.15) is 10.6 Å². The van der Waals surface area contributed by atoms with Crippen LogP contribution >= 0.6 is 15.9 Å². The van der Waals surface area contributed by atoms with Gasteiger partial charge in [0.2, 0.25) is 10.0 Å². The normalized spacial score (nSPS) is 15.5. The fourth-order valence-electron chi connectivity index (χ4n) is 3.81. The lowest BCUT2D eigenvalue weighted by Gasteiger charge is -2.43. The zero-order valence-corrected chi connectivity index (χ0v) is 19.8. The molecule has 0 spiro atoms. The van der Waals surface area contributed by atoms with Gasteiger partial charge < -0.3 is 10.1 Å². The largest absolute Gasteiger partial charge is 0.495 e. The maximum atomic E-state index is 13.1. The van der Waals surface area contributed by atoms with E-state index in [1.807, 2.05) is 24.3 Å². The van der Waals surface area contributed by atoms with E-state index in [0.29, 0.717) is 18.7 Å². The number of carbonyl (C=O) groups is 1. The number of amides is 1. The molecule has 30 heavy (non-hydrogen) atoms. The number of nitrogens with one attached hydrogen (secondary N) is 1. The zero-order chi connectivity index (χ0) is 21.9. The molecule has 0 radical (unpaired) electrons. The Morgan fingerprint density at radius 1 is 1.17 bits per heavy atom. The van der Waals surface area contributed by atoms with Gasteiger partial charge in [0.15, 0.2) is 0 Å². The Hall–Kier alpha value is -1.90. The second-order valence-corrected chi connectivity index (χ2v) is 10.2. The van der Waals surface area contributed by atoms with Gasteiger partial charge in [0.05, 0.1) is 12.6 Å². The second-order valence-electron chi connectivity index (χ2n) is 7.36. The van der Waals surface area contributed by atoms with Crippen molar-refractivity contribution in [3.63, 3.8) is 0 Å². The van der Waals surface area contributed by atoms with Crippen LogP contribution in [-0.2, 0) is 15.6 Å². The quantitative estimate of drug-likeness (QED) is 0.593. The third-order valence-corrected chi connectivity index (χ3v) is 8.25. The smallest absolute Gasteiger partial charge is 0.252 e. The number of hydrogen-bond acceptors (Lipinski definition) is 4. The predicted octanol–water partition coefficient (Wildman–Crippen LogP) is 4.30. The second kappa shape index (κ2) is 9.08. The first-order chi connectivity index (χ1) is 14.3. The summed E-state index contributed by atoms with van der Waals surface area (Å²) in [5, 5.41) is 3.15. The van der Waals surface area contributed by atoms with Crippen LogP contribution in [-0.4, -0.2) is 38.8 Å². The van der Waals surface area contributed by atoms with E-state index in [2.05, 4.69) is 21.2 Å². The molecule has 0 bridgehead atoms. The molecule has 2 aromatic rings. The monoisotopic (exact) mass is 494 g/mol. The van der Waals surface area contributed by atoms with E-state index in [0.717, 1.165) is 29.3 Å². The third-order valence-electron chi connectivity index (χ3n) is 5.69. The van der Waals surface area contributed by atoms with Crippen LogP contribution < -0.4 is 10.1 Å². The van der Waals surface area contributed by atoms with Crippen LogP contribution in [0, 0.1) is 0 Å². The SMILES string of the molecule is CCN(CC)S(=O)(=O)c1cc(C(=O)NC2(c3cccc(Br)c3)CCC2)ccc1OC. The van der Waals surface area contributed by atoms with Crippen LogP contribution in [0.2, 0.25) is 0 Å². The van der Waals surface area contributed by atoms with Crippen molar-refractivity contribution < 1.29 is 17.9 Å². The average Bonchev–Trinajstić information content (AvgIpc) is 2.70. The minimum atomic E-state index is -3.77. The molecule has 3 rings (SSSR count). The van der Waals surface area contributed by atoms with Crippen LogP contribution in [0.3, 0.4) is 0 Å². The van der Waals surface area contributed by atoms with E-state index in [9.17, 15) is 13.2 Å². The summed E-state index contributed by atoms with van der Waals surface area (Å²) in [4.78, 5) is 13.1. The highest BCUT2D eigenvalue weighted by atomic mass is 79.9. The molecule has 1 aliphatic carbocycles. The van der Waals surface area contributed by atoms with Crippen LogP contribution in [0.4, 0.5) is 0 Å². The molecule has 0 aliphatic heterocycles. The molecule has 1 fully saturated rings. The van der Waals surface area contributed by atoms with Gasteiger partial charge in [-0.1, -0.05) is 41.9 Å². The van der Waals surface area contributed by atoms with Crippen molar-refractivity contribution in [1.82, 2.24) is 9.62 Å². The summed E-state index contributed by atoms with van der Waals surface area (Å²) in [6.07, 6.45) is 2.71. The first-order valence-electron chi connectivity index (χ1n) is 10.0. The Balaban J connectivity index is 1.95. The minimum Gasteiger partial charge on any atom is -0.495 e. The molecule has 0 heterocycles. The first kappa shape index (κ1) is 22.8. The summed E-state index contributed by atoms with van der Waals surface area (Å²) >= 11 is 3.50. The van der Waals surface area contributed by atoms with Crippen LogP contribution in [0.15, 0.2) is 51.8 Å². The van der Waals surface area contributed by atoms with Gasteiger partial charge in [0, 0.05) is 23.1 Å². The molecule has 0 unspecified atom stereocenters. The summed E-state index contributed by atoms with van der Waals surface area (Å²) in [6, 6.07) is 12.5. The predicted molar refractivity (Wildman–Crippen MR) is 120 cm³/mol. The fourth-order valence-corrected chi connectivity index (χ4v) is 5.85. The number of methoxy groups -OCH3 is 1. The Bertz CT molecular complexity index is 1030. The molecule has 1 saturated carbocycles. The van der Waals surface area contributed by atoms with Gasteiger partial charge in [-0.3, -0.25) is 4.79 Å². The first-order valence-corrected chi connectivity index (χ1v) is 12.3. The summed E-state index contributed by atoms with van der Waals surface area (Å²) in [7, 11) is -2.35. The molecule has 1 amide bonds. The molecular weight excluding hydrogens is 468 g/mol. The Morgan fingerprint density at radius 3 is 2.40 bits per heavy atom. The summed E-state index contributed by atoms with van der Waals surface area (Å²) < 4.78 is 33.7. The van der Waals surface area contributed by atoms with Crippen molar-refractivity contribution in [2.45, 2.75) is 43.5 Å². The number of rotatable bonds is 8. The van der Waals surface area contributed by atoms with E-state index >= 15 is 0 Å². The molecule has 1 aliphatic rings.